The summed E-state index contributed by atoms with van der Waals surface area (Å²) in [5.74, 6) is 0.0653. The summed E-state index contributed by atoms with van der Waals surface area (Å²) in [5, 5.41) is 29.7. The Morgan fingerprint density at radius 2 is 1.88 bits per heavy atom. The van der Waals surface area contributed by atoms with Crippen molar-refractivity contribution in [3.05, 3.63) is 74.8 Å². The summed E-state index contributed by atoms with van der Waals surface area (Å²) in [6.07, 6.45) is 0.914. The average Bonchev–Trinajstić information content (AvgIpc) is 3.28. The standard InChI is InChI=1S/C24H28N6O4/c1-30(2)9-8-25-20(32)12-18(14-4-3-5-16(31)10-14)29-22-21(23(33)24(22)34)28-15-6-7-17-19(11-15)27-13-26-17/h3-7,10-11,13,18,20,25,28-29,31-32H,8-9,12H2,1-2H3,(H,26,27). The van der Waals surface area contributed by atoms with E-state index in [-0.39, 0.29) is 23.5 Å². The molecule has 0 bridgehead atoms. The summed E-state index contributed by atoms with van der Waals surface area (Å²) in [6, 6.07) is 11.4. The molecule has 10 nitrogen and oxygen atoms in total. The van der Waals surface area contributed by atoms with E-state index in [9.17, 15) is 19.8 Å². The number of anilines is 3. The number of aliphatic hydroxyl groups is 1. The van der Waals surface area contributed by atoms with Gasteiger partial charge in [0.1, 0.15) is 23.4 Å². The molecule has 34 heavy (non-hydrogen) atoms. The first kappa shape index (κ1) is 23.4. The van der Waals surface area contributed by atoms with Crippen molar-refractivity contribution in [2.75, 3.05) is 37.8 Å². The Hall–Kier alpha value is -3.73. The Balaban J connectivity index is 1.55. The molecule has 0 aliphatic rings. The Morgan fingerprint density at radius 3 is 2.65 bits per heavy atom. The lowest BCUT2D eigenvalue weighted by Gasteiger charge is -2.26. The van der Waals surface area contributed by atoms with Crippen LogP contribution in [0.3, 0.4) is 0 Å². The van der Waals surface area contributed by atoms with E-state index in [4.69, 9.17) is 0 Å². The van der Waals surface area contributed by atoms with Gasteiger partial charge in [0.25, 0.3) is 10.9 Å². The van der Waals surface area contributed by atoms with Gasteiger partial charge in [0.15, 0.2) is 0 Å². The number of aromatic hydroxyl groups is 1. The zero-order valence-corrected chi connectivity index (χ0v) is 19.0. The zero-order chi connectivity index (χ0) is 24.2. The lowest BCUT2D eigenvalue weighted by molar-refractivity contribution is 0.119. The minimum Gasteiger partial charge on any atom is -0.508 e. The van der Waals surface area contributed by atoms with Crippen LogP contribution < -0.4 is 26.8 Å². The Kier molecular flexibility index (Phi) is 6.92. The molecule has 4 aromatic rings. The van der Waals surface area contributed by atoms with Crippen molar-refractivity contribution in [2.24, 2.45) is 0 Å². The van der Waals surface area contributed by atoms with Gasteiger partial charge < -0.3 is 30.7 Å². The summed E-state index contributed by atoms with van der Waals surface area (Å²) in [6.45, 7) is 1.32. The van der Waals surface area contributed by atoms with Crippen molar-refractivity contribution in [1.82, 2.24) is 20.2 Å². The van der Waals surface area contributed by atoms with E-state index in [0.717, 1.165) is 17.6 Å². The number of imidazole rings is 1. The molecule has 0 aliphatic heterocycles. The van der Waals surface area contributed by atoms with Crippen LogP contribution in [-0.4, -0.2) is 58.5 Å². The van der Waals surface area contributed by atoms with Crippen molar-refractivity contribution in [3.8, 4) is 5.75 Å². The highest BCUT2D eigenvalue weighted by Gasteiger charge is 2.26. The van der Waals surface area contributed by atoms with Gasteiger partial charge in [-0.1, -0.05) is 12.1 Å². The van der Waals surface area contributed by atoms with E-state index in [2.05, 4.69) is 25.9 Å². The molecule has 0 saturated heterocycles. The van der Waals surface area contributed by atoms with Gasteiger partial charge in [-0.15, -0.1) is 0 Å². The van der Waals surface area contributed by atoms with Gasteiger partial charge in [-0.25, -0.2) is 4.98 Å². The van der Waals surface area contributed by atoms with Crippen LogP contribution in [0.2, 0.25) is 0 Å². The number of nitrogens with one attached hydrogen (secondary N) is 4. The minimum absolute atomic E-state index is 0.0653. The lowest BCUT2D eigenvalue weighted by atomic mass is 10.0. The van der Waals surface area contributed by atoms with Crippen LogP contribution in [0.5, 0.6) is 5.75 Å². The summed E-state index contributed by atoms with van der Waals surface area (Å²) in [5.41, 5.74) is 1.93. The SMILES string of the molecule is CN(C)CCNC(O)CC(Nc1c(Nc2ccc3nc[nH]c3c2)c(=O)c1=O)c1cccc(O)c1. The molecule has 0 fully saturated rings. The smallest absolute Gasteiger partial charge is 0.253 e. The second-order valence-corrected chi connectivity index (χ2v) is 8.47. The molecule has 1 heterocycles. The first-order chi connectivity index (χ1) is 16.3. The van der Waals surface area contributed by atoms with Crippen molar-refractivity contribution in [3.63, 3.8) is 0 Å². The van der Waals surface area contributed by atoms with Crippen LogP contribution in [0.4, 0.5) is 17.1 Å². The van der Waals surface area contributed by atoms with Crippen molar-refractivity contribution in [1.29, 1.82) is 0 Å². The second-order valence-electron chi connectivity index (χ2n) is 8.47. The first-order valence-electron chi connectivity index (χ1n) is 11.0. The van der Waals surface area contributed by atoms with E-state index in [1.165, 1.54) is 0 Å². The maximum absolute atomic E-state index is 12.4. The van der Waals surface area contributed by atoms with E-state index in [1.807, 2.05) is 19.0 Å². The molecule has 1 aromatic heterocycles. The molecule has 6 N–H and O–H groups in total. The molecule has 0 saturated carbocycles. The van der Waals surface area contributed by atoms with Crippen LogP contribution in [0.1, 0.15) is 18.0 Å². The number of likely N-dealkylation sites (N-methyl/N-ethyl adjacent to an activating group) is 1. The molecule has 0 amide bonds. The highest BCUT2D eigenvalue weighted by molar-refractivity contribution is 5.84. The topological polar surface area (TPSA) is 143 Å². The van der Waals surface area contributed by atoms with Gasteiger partial charge in [0.2, 0.25) is 0 Å². The fourth-order valence-electron chi connectivity index (χ4n) is 3.76. The maximum Gasteiger partial charge on any atom is 0.253 e. The third-order valence-electron chi connectivity index (χ3n) is 5.59. The number of fused-ring (bicyclic) bond motifs is 1. The molecule has 3 aromatic carbocycles. The maximum atomic E-state index is 12.4. The van der Waals surface area contributed by atoms with Gasteiger partial charge >= 0.3 is 0 Å². The number of phenolic OH excluding ortho intramolecular Hbond substituents is 1. The predicted octanol–water partition coefficient (Wildman–Crippen LogP) is 1.62. The van der Waals surface area contributed by atoms with Crippen molar-refractivity contribution >= 4 is 28.1 Å². The van der Waals surface area contributed by atoms with Crippen molar-refractivity contribution in [2.45, 2.75) is 18.7 Å². The molecule has 4 rings (SSSR count). The Labute approximate surface area is 196 Å². The number of hydrogen-bond acceptors (Lipinski definition) is 9. The van der Waals surface area contributed by atoms with E-state index in [0.29, 0.717) is 17.8 Å². The van der Waals surface area contributed by atoms with Gasteiger partial charge in [-0.05, 0) is 50.0 Å². The third kappa shape index (κ3) is 5.25. The fraction of sp³-hybridized carbons (Fsp3) is 0.292. The summed E-state index contributed by atoms with van der Waals surface area (Å²) in [7, 11) is 3.88. The number of rotatable bonds is 11. The molecule has 2 unspecified atom stereocenters. The molecular formula is C24H28N6O4. The van der Waals surface area contributed by atoms with E-state index >= 15 is 0 Å². The largest absolute Gasteiger partial charge is 0.508 e. The van der Waals surface area contributed by atoms with Gasteiger partial charge in [-0.2, -0.15) is 0 Å². The number of aliphatic hydroxyl groups excluding tert-OH is 1. The molecule has 0 spiro atoms. The quantitative estimate of drug-likeness (QED) is 0.144. The number of benzene rings is 2. The zero-order valence-electron chi connectivity index (χ0n) is 19.0. The molecule has 178 valence electrons. The Morgan fingerprint density at radius 1 is 1.09 bits per heavy atom. The number of hydrogen-bond donors (Lipinski definition) is 6. The van der Waals surface area contributed by atoms with Crippen LogP contribution in [0.25, 0.3) is 11.0 Å². The highest BCUT2D eigenvalue weighted by atomic mass is 16.3. The first-order valence-corrected chi connectivity index (χ1v) is 11.0. The number of nitrogens with zero attached hydrogens (tertiary/aromatic N) is 2. The molecular weight excluding hydrogens is 436 g/mol. The summed E-state index contributed by atoms with van der Waals surface area (Å²) < 4.78 is 0. The number of aromatic amines is 1. The number of phenols is 1. The summed E-state index contributed by atoms with van der Waals surface area (Å²) >= 11 is 0. The van der Waals surface area contributed by atoms with E-state index < -0.39 is 23.1 Å². The lowest BCUT2D eigenvalue weighted by Crippen LogP contribution is -2.40. The molecule has 2 atom stereocenters. The Bertz CT molecular complexity index is 1340. The average molecular weight is 465 g/mol. The normalized spacial score (nSPS) is 13.4. The van der Waals surface area contributed by atoms with Crippen LogP contribution in [0, 0.1) is 0 Å². The highest BCUT2D eigenvalue weighted by Crippen LogP contribution is 2.29. The molecule has 0 radical (unpaired) electrons. The molecule has 0 aliphatic carbocycles. The van der Waals surface area contributed by atoms with Gasteiger partial charge in [-0.3, -0.25) is 14.9 Å². The monoisotopic (exact) mass is 464 g/mol. The fourth-order valence-corrected chi connectivity index (χ4v) is 3.76. The van der Waals surface area contributed by atoms with Gasteiger partial charge in [0.05, 0.1) is 23.4 Å². The predicted molar refractivity (Wildman–Crippen MR) is 132 cm³/mol. The van der Waals surface area contributed by atoms with Crippen molar-refractivity contribution < 1.29 is 10.2 Å². The minimum atomic E-state index is -0.870. The second kappa shape index (κ2) is 10.0. The number of aromatic nitrogens is 2. The van der Waals surface area contributed by atoms with Crippen LogP contribution >= 0.6 is 0 Å². The van der Waals surface area contributed by atoms with E-state index in [1.54, 1.807) is 48.8 Å². The van der Waals surface area contributed by atoms with Crippen LogP contribution in [-0.2, 0) is 0 Å². The summed E-state index contributed by atoms with van der Waals surface area (Å²) in [4.78, 5) is 34.0. The molecule has 10 heteroatoms. The van der Waals surface area contributed by atoms with Gasteiger partial charge in [0, 0.05) is 25.2 Å². The van der Waals surface area contributed by atoms with Crippen LogP contribution in [0.15, 0.2) is 58.4 Å². The number of H-pyrrole nitrogens is 1. The third-order valence-corrected chi connectivity index (χ3v) is 5.59.